The lowest BCUT2D eigenvalue weighted by atomic mass is 9.80. The highest BCUT2D eigenvalue weighted by atomic mass is 32.2. The van der Waals surface area contributed by atoms with Crippen molar-refractivity contribution in [2.45, 2.75) is 65.9 Å². The van der Waals surface area contributed by atoms with Crippen LogP contribution in [0.4, 0.5) is 11.6 Å². The smallest absolute Gasteiger partial charge is 0.253 e. The van der Waals surface area contributed by atoms with Gasteiger partial charge in [-0.1, -0.05) is 11.8 Å². The van der Waals surface area contributed by atoms with Gasteiger partial charge in [0.2, 0.25) is 5.95 Å². The second kappa shape index (κ2) is 10.4. The number of carbonyl (C=O) groups excluding carboxylic acids is 1. The van der Waals surface area contributed by atoms with Gasteiger partial charge in [-0.2, -0.15) is 0 Å². The Balaban J connectivity index is 1.01. The minimum atomic E-state index is 0.114. The molecule has 1 aliphatic carbocycles. The molecule has 3 N–H and O–H groups in total. The van der Waals surface area contributed by atoms with E-state index < -0.39 is 0 Å². The van der Waals surface area contributed by atoms with Crippen LogP contribution in [0.2, 0.25) is 0 Å². The number of amides is 1. The molecule has 192 valence electrons. The summed E-state index contributed by atoms with van der Waals surface area (Å²) in [5, 5.41) is 10.8. The van der Waals surface area contributed by atoms with Crippen LogP contribution in [0.3, 0.4) is 0 Å². The molecule has 36 heavy (non-hydrogen) atoms. The largest absolute Gasteiger partial charge is 0.381 e. The third-order valence-corrected chi connectivity index (χ3v) is 9.82. The Morgan fingerprint density at radius 1 is 1.19 bits per heavy atom. The molecule has 1 unspecified atom stereocenters. The Bertz CT molecular complexity index is 1090. The summed E-state index contributed by atoms with van der Waals surface area (Å²) in [6.45, 7) is 3.38. The molecule has 1 aromatic carbocycles. The second-order valence-corrected chi connectivity index (χ2v) is 12.4. The minimum Gasteiger partial charge on any atom is -0.381 e. The second-order valence-electron chi connectivity index (χ2n) is 10.4. The van der Waals surface area contributed by atoms with Gasteiger partial charge in [0.15, 0.2) is 0 Å². The molecule has 6 rings (SSSR count). The van der Waals surface area contributed by atoms with Crippen molar-refractivity contribution in [3.8, 4) is 0 Å². The number of nitrogens with one attached hydrogen (secondary N) is 3. The summed E-state index contributed by atoms with van der Waals surface area (Å²) in [6, 6.07) is 6.91. The van der Waals surface area contributed by atoms with Crippen LogP contribution in [-0.4, -0.2) is 70.9 Å². The van der Waals surface area contributed by atoms with Crippen molar-refractivity contribution in [2.75, 3.05) is 43.2 Å². The lowest BCUT2D eigenvalue weighted by molar-refractivity contribution is 0.0191. The number of anilines is 2. The lowest BCUT2D eigenvalue weighted by Crippen LogP contribution is -2.38. The average molecular weight is 527 g/mol. The van der Waals surface area contributed by atoms with Crippen molar-refractivity contribution >= 4 is 41.1 Å². The molecule has 4 heterocycles. The molecule has 4 aliphatic rings. The molecule has 1 aromatic heterocycles. The first-order valence-electron chi connectivity index (χ1n) is 12.9. The van der Waals surface area contributed by atoms with Crippen LogP contribution < -0.4 is 16.0 Å². The number of rotatable bonds is 6. The molecule has 1 amide bonds. The number of carbonyl (C=O) groups is 1. The minimum absolute atomic E-state index is 0.114. The highest BCUT2D eigenvalue weighted by Crippen LogP contribution is 2.42. The molecular weight excluding hydrogens is 492 g/mol. The van der Waals surface area contributed by atoms with Gasteiger partial charge in [-0.3, -0.25) is 10.1 Å². The van der Waals surface area contributed by atoms with E-state index in [4.69, 9.17) is 4.74 Å². The topological polar surface area (TPSA) is 91.4 Å². The Morgan fingerprint density at radius 3 is 2.81 bits per heavy atom. The zero-order valence-electron chi connectivity index (χ0n) is 20.7. The molecule has 1 spiro atoms. The van der Waals surface area contributed by atoms with Crippen molar-refractivity contribution in [3.63, 3.8) is 0 Å². The van der Waals surface area contributed by atoms with E-state index in [1.165, 1.54) is 0 Å². The standard InChI is InChI=1S/C26H34N6O2S2/c1-35-20-14-27-24(28-15-20)29-18-3-4-19(13-18)30-25-31-21-5-2-17(12-22(21)36-25)23(33)32-9-6-26(16-32)7-10-34-11-8-26/h2,5,12,14-15,18-19,25,30-31H,3-4,6-11,13,16H2,1H3,(H,27,28,29)/t18-,19-,25?/m0/s1. The van der Waals surface area contributed by atoms with E-state index in [0.29, 0.717) is 18.0 Å². The third-order valence-electron chi connectivity index (χ3n) is 8.06. The summed E-state index contributed by atoms with van der Waals surface area (Å²) in [5.41, 5.74) is 2.29. The van der Waals surface area contributed by atoms with Gasteiger partial charge in [0.05, 0.1) is 0 Å². The Hall–Kier alpha value is -2.01. The van der Waals surface area contributed by atoms with Gasteiger partial charge in [-0.15, -0.1) is 11.8 Å². The summed E-state index contributed by atoms with van der Waals surface area (Å²) >= 11 is 3.42. The van der Waals surface area contributed by atoms with Gasteiger partial charge in [0.25, 0.3) is 5.91 Å². The number of benzene rings is 1. The first-order valence-corrected chi connectivity index (χ1v) is 15.0. The first-order chi connectivity index (χ1) is 17.6. The van der Waals surface area contributed by atoms with E-state index >= 15 is 0 Å². The maximum Gasteiger partial charge on any atom is 0.253 e. The highest BCUT2D eigenvalue weighted by molar-refractivity contribution is 8.00. The fourth-order valence-corrected chi connectivity index (χ4v) is 7.37. The number of hydrogen-bond acceptors (Lipinski definition) is 9. The Kier molecular flexibility index (Phi) is 7.03. The maximum atomic E-state index is 13.3. The zero-order chi connectivity index (χ0) is 24.5. The quantitative estimate of drug-likeness (QED) is 0.478. The van der Waals surface area contributed by atoms with Gasteiger partial charge in [0, 0.05) is 71.8 Å². The number of fused-ring (bicyclic) bond motifs is 1. The highest BCUT2D eigenvalue weighted by Gasteiger charge is 2.41. The molecule has 0 bridgehead atoms. The van der Waals surface area contributed by atoms with Gasteiger partial charge in [-0.25, -0.2) is 9.97 Å². The van der Waals surface area contributed by atoms with E-state index in [2.05, 4.69) is 43.0 Å². The van der Waals surface area contributed by atoms with Crippen molar-refractivity contribution in [2.24, 2.45) is 5.41 Å². The summed E-state index contributed by atoms with van der Waals surface area (Å²) in [6.07, 6.45) is 12.3. The van der Waals surface area contributed by atoms with E-state index in [0.717, 1.165) is 85.9 Å². The zero-order valence-corrected chi connectivity index (χ0v) is 22.3. The Morgan fingerprint density at radius 2 is 2.00 bits per heavy atom. The van der Waals surface area contributed by atoms with E-state index in [-0.39, 0.29) is 16.8 Å². The fourth-order valence-electron chi connectivity index (χ4n) is 5.91. The molecule has 3 aliphatic heterocycles. The number of ether oxygens (including phenoxy) is 1. The SMILES string of the molecule is CSc1cnc(N[C@H]2CC[C@H](NC3Nc4ccc(C(=O)N5CCC6(CCOCC6)C5)cc4S3)C2)nc1. The fraction of sp³-hybridized carbons (Fsp3) is 0.577. The number of nitrogens with zero attached hydrogens (tertiary/aromatic N) is 3. The van der Waals surface area contributed by atoms with E-state index in [1.807, 2.05) is 24.7 Å². The molecular formula is C26H34N6O2S2. The number of likely N-dealkylation sites (tertiary alicyclic amines) is 1. The van der Waals surface area contributed by atoms with Crippen molar-refractivity contribution in [1.82, 2.24) is 20.2 Å². The number of hydrogen-bond donors (Lipinski definition) is 3. The van der Waals surface area contributed by atoms with Gasteiger partial charge < -0.3 is 20.3 Å². The summed E-state index contributed by atoms with van der Waals surface area (Å²) in [5.74, 6) is 0.868. The number of aromatic nitrogens is 2. The van der Waals surface area contributed by atoms with Gasteiger partial charge >= 0.3 is 0 Å². The number of thioether (sulfide) groups is 2. The van der Waals surface area contributed by atoms with Crippen molar-refractivity contribution in [3.05, 3.63) is 36.2 Å². The van der Waals surface area contributed by atoms with Crippen LogP contribution in [0.5, 0.6) is 0 Å². The monoisotopic (exact) mass is 526 g/mol. The molecule has 2 saturated heterocycles. The predicted octanol–water partition coefficient (Wildman–Crippen LogP) is 4.27. The van der Waals surface area contributed by atoms with Crippen LogP contribution >= 0.6 is 23.5 Å². The van der Waals surface area contributed by atoms with Crippen LogP contribution in [0.25, 0.3) is 0 Å². The van der Waals surface area contributed by atoms with Crippen LogP contribution in [-0.2, 0) is 4.74 Å². The van der Waals surface area contributed by atoms with Crippen LogP contribution in [0, 0.1) is 5.41 Å². The molecule has 10 heteroatoms. The van der Waals surface area contributed by atoms with E-state index in [1.54, 1.807) is 23.5 Å². The normalized spacial score (nSPS) is 26.7. The van der Waals surface area contributed by atoms with Gasteiger partial charge in [0.1, 0.15) is 5.50 Å². The van der Waals surface area contributed by atoms with Crippen LogP contribution in [0.1, 0.15) is 48.9 Å². The maximum absolute atomic E-state index is 13.3. The van der Waals surface area contributed by atoms with Crippen molar-refractivity contribution < 1.29 is 9.53 Å². The third kappa shape index (κ3) is 5.18. The van der Waals surface area contributed by atoms with Crippen LogP contribution in [0.15, 0.2) is 40.4 Å². The molecule has 0 radical (unpaired) electrons. The molecule has 3 fully saturated rings. The summed E-state index contributed by atoms with van der Waals surface area (Å²) in [4.78, 5) is 26.4. The molecule has 3 atom stereocenters. The average Bonchev–Trinajstić information content (AvgIpc) is 3.63. The van der Waals surface area contributed by atoms with Gasteiger partial charge in [-0.05, 0) is 68.4 Å². The first kappa shape index (κ1) is 24.3. The molecule has 2 aromatic rings. The summed E-state index contributed by atoms with van der Waals surface area (Å²) in [7, 11) is 0. The van der Waals surface area contributed by atoms with E-state index in [9.17, 15) is 4.79 Å². The molecule has 1 saturated carbocycles. The predicted molar refractivity (Wildman–Crippen MR) is 145 cm³/mol. The molecule has 8 nitrogen and oxygen atoms in total. The Labute approximate surface area is 221 Å². The lowest BCUT2D eigenvalue weighted by Gasteiger charge is -2.33. The van der Waals surface area contributed by atoms with Crippen molar-refractivity contribution in [1.29, 1.82) is 0 Å². The summed E-state index contributed by atoms with van der Waals surface area (Å²) < 4.78 is 5.56.